The van der Waals surface area contributed by atoms with Gasteiger partial charge in [-0.2, -0.15) is 5.26 Å². The van der Waals surface area contributed by atoms with Crippen LogP contribution in [0, 0.1) is 11.3 Å². The molecule has 9 heteroatoms. The van der Waals surface area contributed by atoms with Crippen LogP contribution in [0.3, 0.4) is 0 Å². The van der Waals surface area contributed by atoms with E-state index in [9.17, 15) is 10.1 Å². The van der Waals surface area contributed by atoms with Crippen LogP contribution >= 0.6 is 0 Å². The summed E-state index contributed by atoms with van der Waals surface area (Å²) in [5, 5.41) is 12.7. The highest BCUT2D eigenvalue weighted by molar-refractivity contribution is 5.84. The normalized spacial score (nSPS) is 13.5. The first-order valence-electron chi connectivity index (χ1n) is 11.9. The van der Waals surface area contributed by atoms with E-state index in [1.165, 1.54) is 0 Å². The van der Waals surface area contributed by atoms with Crippen molar-refractivity contribution in [3.05, 3.63) is 72.6 Å². The lowest BCUT2D eigenvalue weighted by atomic mass is 10.1. The van der Waals surface area contributed by atoms with Crippen LogP contribution in [-0.2, 0) is 4.79 Å². The zero-order valence-corrected chi connectivity index (χ0v) is 20.4. The second kappa shape index (κ2) is 9.96. The average molecular weight is 481 g/mol. The summed E-state index contributed by atoms with van der Waals surface area (Å²) in [7, 11) is 4.02. The minimum absolute atomic E-state index is 0.0240. The van der Waals surface area contributed by atoms with Crippen LogP contribution in [0.15, 0.2) is 67.0 Å². The lowest BCUT2D eigenvalue weighted by molar-refractivity contribution is -0.129. The van der Waals surface area contributed by atoms with Crippen molar-refractivity contribution in [3.8, 4) is 17.3 Å². The molecule has 0 saturated carbocycles. The van der Waals surface area contributed by atoms with E-state index in [1.807, 2.05) is 47.8 Å². The maximum absolute atomic E-state index is 13.1. The summed E-state index contributed by atoms with van der Waals surface area (Å²) >= 11 is 0. The number of nitrogens with zero attached hydrogens (tertiary/aromatic N) is 7. The smallest absolute Gasteiger partial charge is 0.242 e. The number of hydrogen-bond donors (Lipinski definition) is 1. The van der Waals surface area contributed by atoms with Crippen molar-refractivity contribution in [2.45, 2.75) is 0 Å². The number of piperazine rings is 1. The Hall–Kier alpha value is -4.58. The molecule has 1 aromatic carbocycles. The van der Waals surface area contributed by atoms with Gasteiger partial charge in [-0.3, -0.25) is 9.20 Å². The lowest BCUT2D eigenvalue weighted by Crippen LogP contribution is -2.50. The molecule has 4 aromatic rings. The van der Waals surface area contributed by atoms with Crippen LogP contribution in [-0.4, -0.2) is 72.0 Å². The summed E-state index contributed by atoms with van der Waals surface area (Å²) in [6.07, 6.45) is 3.64. The topological polar surface area (TPSA) is 92.8 Å². The first-order chi connectivity index (χ1) is 17.5. The van der Waals surface area contributed by atoms with Crippen LogP contribution < -0.4 is 15.1 Å². The molecule has 1 fully saturated rings. The zero-order chi connectivity index (χ0) is 25.1. The van der Waals surface area contributed by atoms with Gasteiger partial charge in [0, 0.05) is 63.9 Å². The molecule has 9 nitrogen and oxygen atoms in total. The fourth-order valence-electron chi connectivity index (χ4n) is 4.46. The molecule has 1 aliphatic heterocycles. The molecule has 1 aliphatic rings. The Morgan fingerprint density at radius 3 is 2.56 bits per heavy atom. The molecule has 1 N–H and O–H groups in total. The highest BCUT2D eigenvalue weighted by atomic mass is 16.2. The van der Waals surface area contributed by atoms with Crippen LogP contribution in [0.25, 0.3) is 16.9 Å². The van der Waals surface area contributed by atoms with Crippen LogP contribution in [0.2, 0.25) is 0 Å². The van der Waals surface area contributed by atoms with Gasteiger partial charge in [-0.1, -0.05) is 18.2 Å². The van der Waals surface area contributed by atoms with Gasteiger partial charge in [-0.15, -0.1) is 0 Å². The monoisotopic (exact) mass is 480 g/mol. The number of amides is 1. The molecule has 0 aliphatic carbocycles. The first kappa shape index (κ1) is 23.2. The molecular formula is C27H28N8O. The zero-order valence-electron chi connectivity index (χ0n) is 20.4. The van der Waals surface area contributed by atoms with E-state index < -0.39 is 0 Å². The summed E-state index contributed by atoms with van der Waals surface area (Å²) < 4.78 is 1.98. The van der Waals surface area contributed by atoms with Gasteiger partial charge in [-0.25, -0.2) is 9.97 Å². The number of benzene rings is 1. The number of pyridine rings is 2. The highest BCUT2D eigenvalue weighted by Crippen LogP contribution is 2.30. The van der Waals surface area contributed by atoms with E-state index in [0.29, 0.717) is 37.6 Å². The van der Waals surface area contributed by atoms with Crippen molar-refractivity contribution in [1.82, 2.24) is 19.3 Å². The number of carbonyl (C=O) groups excluding carboxylic acids is 1. The Bertz CT molecular complexity index is 1410. The number of carbonyl (C=O) groups is 1. The molecule has 0 atom stereocenters. The Morgan fingerprint density at radius 1 is 1.06 bits per heavy atom. The fraction of sp³-hybridized carbons (Fsp3) is 0.259. The molecule has 5 rings (SSSR count). The van der Waals surface area contributed by atoms with E-state index in [4.69, 9.17) is 4.98 Å². The van der Waals surface area contributed by atoms with Gasteiger partial charge in [-0.05, 0) is 36.4 Å². The van der Waals surface area contributed by atoms with Gasteiger partial charge < -0.3 is 20.0 Å². The van der Waals surface area contributed by atoms with Gasteiger partial charge in [0.2, 0.25) is 5.91 Å². The average Bonchev–Trinajstić information content (AvgIpc) is 3.30. The van der Waals surface area contributed by atoms with E-state index in [-0.39, 0.29) is 12.5 Å². The Morgan fingerprint density at radius 2 is 1.83 bits per heavy atom. The quantitative estimate of drug-likeness (QED) is 0.453. The Labute approximate surface area is 210 Å². The molecule has 0 radical (unpaired) electrons. The van der Waals surface area contributed by atoms with E-state index in [0.717, 1.165) is 28.4 Å². The molecule has 1 saturated heterocycles. The van der Waals surface area contributed by atoms with E-state index in [2.05, 4.69) is 50.4 Å². The summed E-state index contributed by atoms with van der Waals surface area (Å²) in [6, 6.07) is 19.8. The van der Waals surface area contributed by atoms with Crippen molar-refractivity contribution in [3.63, 3.8) is 0 Å². The molecule has 182 valence electrons. The van der Waals surface area contributed by atoms with E-state index >= 15 is 0 Å². The predicted molar refractivity (Wildman–Crippen MR) is 141 cm³/mol. The molecule has 0 bridgehead atoms. The van der Waals surface area contributed by atoms with Crippen LogP contribution in [0.1, 0.15) is 5.56 Å². The van der Waals surface area contributed by atoms with Gasteiger partial charge in [0.15, 0.2) is 0 Å². The van der Waals surface area contributed by atoms with E-state index in [1.54, 1.807) is 18.3 Å². The second-order valence-corrected chi connectivity index (χ2v) is 8.89. The maximum atomic E-state index is 13.1. The third-order valence-electron chi connectivity index (χ3n) is 6.43. The summed E-state index contributed by atoms with van der Waals surface area (Å²) in [5.41, 5.74) is 4.27. The third-order valence-corrected chi connectivity index (χ3v) is 6.43. The predicted octanol–water partition coefficient (Wildman–Crippen LogP) is 3.09. The van der Waals surface area contributed by atoms with Gasteiger partial charge >= 0.3 is 0 Å². The van der Waals surface area contributed by atoms with Gasteiger partial charge in [0.25, 0.3) is 0 Å². The molecule has 0 spiro atoms. The van der Waals surface area contributed by atoms with Crippen molar-refractivity contribution >= 4 is 28.9 Å². The summed E-state index contributed by atoms with van der Waals surface area (Å²) in [5.74, 6) is 1.50. The molecule has 0 unspecified atom stereocenters. The molecule has 3 aromatic heterocycles. The van der Waals surface area contributed by atoms with Gasteiger partial charge in [0.05, 0.1) is 12.1 Å². The van der Waals surface area contributed by atoms with Crippen LogP contribution in [0.4, 0.5) is 17.3 Å². The van der Waals surface area contributed by atoms with Crippen LogP contribution in [0.5, 0.6) is 0 Å². The fourth-order valence-corrected chi connectivity index (χ4v) is 4.46. The van der Waals surface area contributed by atoms with Crippen molar-refractivity contribution in [2.75, 3.05) is 61.9 Å². The lowest BCUT2D eigenvalue weighted by Gasteiger charge is -2.35. The van der Waals surface area contributed by atoms with Crippen molar-refractivity contribution < 1.29 is 4.79 Å². The minimum atomic E-state index is 0.0240. The number of hydrogen-bond acceptors (Lipinski definition) is 7. The van der Waals surface area contributed by atoms with Crippen molar-refractivity contribution in [1.29, 1.82) is 5.26 Å². The Kier molecular flexibility index (Phi) is 6.41. The number of imidazole rings is 1. The van der Waals surface area contributed by atoms with Gasteiger partial charge in [0.1, 0.15) is 29.0 Å². The molecule has 4 heterocycles. The third kappa shape index (κ3) is 4.53. The summed E-state index contributed by atoms with van der Waals surface area (Å²) in [6.45, 7) is 2.59. The molecule has 36 heavy (non-hydrogen) atoms. The number of nitriles is 1. The number of aromatic nitrogens is 3. The number of fused-ring (bicyclic) bond motifs is 1. The minimum Gasteiger partial charge on any atom is -0.378 e. The number of nitrogens with one attached hydrogen (secondary N) is 1. The standard InChI is InChI=1S/C27H28N8O/c1-32(2)22-10-8-20(9-11-22)25-27(35-13-4-3-7-23(35)31-25)30-19-24(36)33-14-16-34(17-15-33)26-21(18-28)6-5-12-29-26/h3-13,30H,14-17,19H2,1-2H3. The largest absolute Gasteiger partial charge is 0.378 e. The highest BCUT2D eigenvalue weighted by Gasteiger charge is 2.24. The Balaban J connectivity index is 1.29. The summed E-state index contributed by atoms with van der Waals surface area (Å²) in [4.78, 5) is 28.3. The molecular weight excluding hydrogens is 452 g/mol. The SMILES string of the molecule is CN(C)c1ccc(-c2nc3ccccn3c2NCC(=O)N2CCN(c3ncccc3C#N)CC2)cc1. The number of anilines is 3. The number of rotatable bonds is 6. The van der Waals surface area contributed by atoms with Crippen molar-refractivity contribution in [2.24, 2.45) is 0 Å². The maximum Gasteiger partial charge on any atom is 0.242 e. The second-order valence-electron chi connectivity index (χ2n) is 8.89. The molecule has 1 amide bonds. The first-order valence-corrected chi connectivity index (χ1v) is 11.9.